The van der Waals surface area contributed by atoms with Crippen molar-refractivity contribution in [2.24, 2.45) is 0 Å². The van der Waals surface area contributed by atoms with E-state index in [0.717, 1.165) is 11.1 Å². The van der Waals surface area contributed by atoms with Crippen molar-refractivity contribution in [2.75, 3.05) is 0 Å². The zero-order chi connectivity index (χ0) is 19.1. The van der Waals surface area contributed by atoms with Crippen LogP contribution in [0.5, 0.6) is 0 Å². The molecule has 0 saturated heterocycles. The van der Waals surface area contributed by atoms with Crippen molar-refractivity contribution in [2.45, 2.75) is 20.4 Å². The molecule has 4 rings (SSSR count). The van der Waals surface area contributed by atoms with Gasteiger partial charge in [0.2, 0.25) is 0 Å². The molecule has 0 fully saturated rings. The Morgan fingerprint density at radius 2 is 1.89 bits per heavy atom. The molecule has 2 heterocycles. The predicted molar refractivity (Wildman–Crippen MR) is 105 cm³/mol. The molecule has 2 aromatic heterocycles. The van der Waals surface area contributed by atoms with Crippen LogP contribution in [0.2, 0.25) is 5.02 Å². The average Bonchev–Trinajstić information content (AvgIpc) is 2.93. The largest absolute Gasteiger partial charge is 0.280 e. The molecule has 4 aromatic rings. The molecular formula is C21H17ClFN3O. The lowest BCUT2D eigenvalue weighted by Gasteiger charge is -2.15. The van der Waals surface area contributed by atoms with Crippen molar-refractivity contribution in [3.05, 3.63) is 92.6 Å². The van der Waals surface area contributed by atoms with E-state index < -0.39 is 5.82 Å². The number of aromatic nitrogens is 3. The Kier molecular flexibility index (Phi) is 4.32. The van der Waals surface area contributed by atoms with Gasteiger partial charge in [0.25, 0.3) is 5.56 Å². The van der Waals surface area contributed by atoms with E-state index in [1.807, 2.05) is 32.0 Å². The van der Waals surface area contributed by atoms with Crippen molar-refractivity contribution in [1.82, 2.24) is 14.3 Å². The van der Waals surface area contributed by atoms with E-state index in [4.69, 9.17) is 11.6 Å². The van der Waals surface area contributed by atoms with E-state index >= 15 is 0 Å². The van der Waals surface area contributed by atoms with Crippen molar-refractivity contribution >= 4 is 22.6 Å². The van der Waals surface area contributed by atoms with Crippen molar-refractivity contribution in [3.8, 4) is 5.69 Å². The highest BCUT2D eigenvalue weighted by atomic mass is 35.5. The monoisotopic (exact) mass is 381 g/mol. The third-order valence-corrected chi connectivity index (χ3v) is 5.15. The third-order valence-electron chi connectivity index (χ3n) is 4.80. The summed E-state index contributed by atoms with van der Waals surface area (Å²) < 4.78 is 17.6. The number of aryl methyl sites for hydroxylation is 2. The number of hydrogen-bond acceptors (Lipinski definition) is 2. The summed E-state index contributed by atoms with van der Waals surface area (Å²) in [5, 5.41) is 0.787. The zero-order valence-electron chi connectivity index (χ0n) is 14.9. The first kappa shape index (κ1) is 17.5. The van der Waals surface area contributed by atoms with Gasteiger partial charge in [0.05, 0.1) is 17.6 Å². The molecule has 6 heteroatoms. The van der Waals surface area contributed by atoms with Gasteiger partial charge in [-0.25, -0.2) is 14.1 Å². The fourth-order valence-electron chi connectivity index (χ4n) is 3.18. The van der Waals surface area contributed by atoms with Crippen LogP contribution in [-0.2, 0) is 6.54 Å². The van der Waals surface area contributed by atoms with Gasteiger partial charge < -0.3 is 0 Å². The number of halogens is 2. The molecule has 0 radical (unpaired) electrons. The lowest BCUT2D eigenvalue weighted by Crippen LogP contribution is -2.22. The van der Waals surface area contributed by atoms with E-state index in [1.54, 1.807) is 35.1 Å². The number of benzene rings is 2. The Hall–Kier alpha value is -2.92. The fourth-order valence-corrected chi connectivity index (χ4v) is 3.40. The highest BCUT2D eigenvalue weighted by molar-refractivity contribution is 6.31. The van der Waals surface area contributed by atoms with E-state index in [9.17, 15) is 9.18 Å². The minimum atomic E-state index is -0.417. The highest BCUT2D eigenvalue weighted by Gasteiger charge is 2.18. The molecule has 0 aliphatic carbocycles. The molecule has 0 bridgehead atoms. The molecule has 4 nitrogen and oxygen atoms in total. The zero-order valence-corrected chi connectivity index (χ0v) is 15.7. The summed E-state index contributed by atoms with van der Waals surface area (Å²) in [7, 11) is 0. The lowest BCUT2D eigenvalue weighted by atomic mass is 10.1. The molecule has 27 heavy (non-hydrogen) atoms. The number of fused-ring (bicyclic) bond motifs is 1. The highest BCUT2D eigenvalue weighted by Crippen LogP contribution is 2.23. The van der Waals surface area contributed by atoms with Crippen LogP contribution >= 0.6 is 11.6 Å². The number of pyridine rings is 1. The van der Waals surface area contributed by atoms with Crippen LogP contribution < -0.4 is 5.56 Å². The molecule has 0 saturated carbocycles. The van der Waals surface area contributed by atoms with Crippen LogP contribution in [0.3, 0.4) is 0 Å². The maximum Gasteiger partial charge on any atom is 0.280 e. The van der Waals surface area contributed by atoms with Crippen LogP contribution in [0, 0.1) is 19.7 Å². The molecule has 0 atom stereocenters. The summed E-state index contributed by atoms with van der Waals surface area (Å²) in [4.78, 5) is 17.4. The fraction of sp³-hybridized carbons (Fsp3) is 0.143. The van der Waals surface area contributed by atoms with Crippen molar-refractivity contribution < 1.29 is 4.39 Å². The van der Waals surface area contributed by atoms with Gasteiger partial charge in [-0.3, -0.25) is 9.48 Å². The second-order valence-electron chi connectivity index (χ2n) is 6.52. The maximum absolute atomic E-state index is 14.4. The molecular weight excluding hydrogens is 365 g/mol. The van der Waals surface area contributed by atoms with Crippen LogP contribution in [0.1, 0.15) is 16.7 Å². The molecule has 0 N–H and O–H groups in total. The van der Waals surface area contributed by atoms with Gasteiger partial charge in [-0.2, -0.15) is 0 Å². The minimum Gasteiger partial charge on any atom is -0.267 e. The summed E-state index contributed by atoms with van der Waals surface area (Å²) in [5.41, 5.74) is 3.50. The van der Waals surface area contributed by atoms with Gasteiger partial charge >= 0.3 is 0 Å². The minimum absolute atomic E-state index is 0.0915. The van der Waals surface area contributed by atoms with E-state index in [1.165, 1.54) is 10.7 Å². The maximum atomic E-state index is 14.4. The van der Waals surface area contributed by atoms with Gasteiger partial charge in [-0.1, -0.05) is 23.7 Å². The van der Waals surface area contributed by atoms with Gasteiger partial charge in [0.1, 0.15) is 5.82 Å². The molecule has 0 aliphatic rings. The standard InChI is InChI=1S/C21H17ClFN3O/c1-13-8-9-15(11-14(13)2)26-21(27)16-5-4-10-24-20(16)25(26)12-17-18(22)6-3-7-19(17)23/h3-11H,12H2,1-2H3. The van der Waals surface area contributed by atoms with Gasteiger partial charge in [-0.05, 0) is 61.4 Å². The van der Waals surface area contributed by atoms with Crippen LogP contribution in [-0.4, -0.2) is 14.3 Å². The second kappa shape index (κ2) is 6.67. The molecule has 0 amide bonds. The first-order valence-corrected chi connectivity index (χ1v) is 8.92. The van der Waals surface area contributed by atoms with Crippen molar-refractivity contribution in [3.63, 3.8) is 0 Å². The van der Waals surface area contributed by atoms with Gasteiger partial charge in [-0.15, -0.1) is 0 Å². The quantitative estimate of drug-likeness (QED) is 0.518. The van der Waals surface area contributed by atoms with Crippen molar-refractivity contribution in [1.29, 1.82) is 0 Å². The summed E-state index contributed by atoms with van der Waals surface area (Å²) in [6.07, 6.45) is 1.62. The summed E-state index contributed by atoms with van der Waals surface area (Å²) in [5.74, 6) is -0.417. The molecule has 2 aromatic carbocycles. The Balaban J connectivity index is 2.01. The van der Waals surface area contributed by atoms with Crippen LogP contribution in [0.15, 0.2) is 59.5 Å². The van der Waals surface area contributed by atoms with Gasteiger partial charge in [0.15, 0.2) is 5.65 Å². The second-order valence-corrected chi connectivity index (χ2v) is 6.93. The Labute approximate surface area is 160 Å². The Morgan fingerprint density at radius 3 is 2.63 bits per heavy atom. The first-order valence-electron chi connectivity index (χ1n) is 8.54. The third kappa shape index (κ3) is 2.94. The Morgan fingerprint density at radius 1 is 1.07 bits per heavy atom. The van der Waals surface area contributed by atoms with E-state index in [2.05, 4.69) is 4.98 Å². The molecule has 136 valence electrons. The van der Waals surface area contributed by atoms with Crippen LogP contribution in [0.25, 0.3) is 16.7 Å². The van der Waals surface area contributed by atoms with E-state index in [-0.39, 0.29) is 12.1 Å². The smallest absolute Gasteiger partial charge is 0.267 e. The number of nitrogens with zero attached hydrogens (tertiary/aromatic N) is 3. The lowest BCUT2D eigenvalue weighted by molar-refractivity contribution is 0.561. The predicted octanol–water partition coefficient (Wildman–Crippen LogP) is 4.64. The summed E-state index contributed by atoms with van der Waals surface area (Å²) in [6, 6.07) is 13.8. The summed E-state index contributed by atoms with van der Waals surface area (Å²) in [6.45, 7) is 4.09. The average molecular weight is 382 g/mol. The topological polar surface area (TPSA) is 39.8 Å². The number of rotatable bonds is 3. The first-order chi connectivity index (χ1) is 13.0. The van der Waals surface area contributed by atoms with Gasteiger partial charge in [0, 0.05) is 16.8 Å². The van der Waals surface area contributed by atoms with Crippen LogP contribution in [0.4, 0.5) is 4.39 Å². The normalized spacial score (nSPS) is 11.3. The SMILES string of the molecule is Cc1ccc(-n2c(=O)c3cccnc3n2Cc2c(F)cccc2Cl)cc1C. The van der Waals surface area contributed by atoms with E-state index in [0.29, 0.717) is 27.3 Å². The molecule has 0 aliphatic heterocycles. The Bertz CT molecular complexity index is 1210. The number of hydrogen-bond donors (Lipinski definition) is 0. The molecule has 0 unspecified atom stereocenters. The summed E-state index contributed by atoms with van der Waals surface area (Å²) >= 11 is 6.22. The molecule has 0 spiro atoms.